The van der Waals surface area contributed by atoms with E-state index in [-0.39, 0.29) is 35.4 Å². The Kier molecular flexibility index (Phi) is 5.47. The van der Waals surface area contributed by atoms with Crippen molar-refractivity contribution in [2.45, 2.75) is 45.7 Å². The van der Waals surface area contributed by atoms with Crippen molar-refractivity contribution in [3.05, 3.63) is 29.8 Å². The lowest BCUT2D eigenvalue weighted by molar-refractivity contribution is -0.118. The lowest BCUT2D eigenvalue weighted by atomic mass is 10.0. The van der Waals surface area contributed by atoms with Crippen LogP contribution in [0.4, 0.5) is 5.69 Å². The fraction of sp³-hybridized carbons (Fsp3) is 0.588. The van der Waals surface area contributed by atoms with E-state index in [9.17, 15) is 13.2 Å². The largest absolute Gasteiger partial charge is 0.325 e. The zero-order valence-corrected chi connectivity index (χ0v) is 15.0. The van der Waals surface area contributed by atoms with Crippen LogP contribution in [0.3, 0.4) is 0 Å². The van der Waals surface area contributed by atoms with Crippen molar-refractivity contribution in [1.82, 2.24) is 5.32 Å². The third-order valence-electron chi connectivity index (χ3n) is 4.39. The highest BCUT2D eigenvalue weighted by Crippen LogP contribution is 2.22. The van der Waals surface area contributed by atoms with Crippen LogP contribution in [0.15, 0.2) is 24.3 Å². The first-order valence-corrected chi connectivity index (χ1v) is 9.87. The number of sulfone groups is 1. The second kappa shape index (κ2) is 7.01. The van der Waals surface area contributed by atoms with Crippen molar-refractivity contribution in [3.8, 4) is 0 Å². The van der Waals surface area contributed by atoms with Gasteiger partial charge in [0.25, 0.3) is 0 Å². The minimum absolute atomic E-state index is 0.00240. The summed E-state index contributed by atoms with van der Waals surface area (Å²) in [4.78, 5) is 12.2. The van der Waals surface area contributed by atoms with Gasteiger partial charge in [0.15, 0.2) is 9.84 Å². The molecule has 1 saturated heterocycles. The lowest BCUT2D eigenvalue weighted by Crippen LogP contribution is -2.52. The third-order valence-corrected chi connectivity index (χ3v) is 6.27. The van der Waals surface area contributed by atoms with Gasteiger partial charge in [0, 0.05) is 17.6 Å². The summed E-state index contributed by atoms with van der Waals surface area (Å²) in [6, 6.07) is 7.46. The Labute approximate surface area is 138 Å². The van der Waals surface area contributed by atoms with Crippen molar-refractivity contribution in [1.29, 1.82) is 0 Å². The Morgan fingerprint density at radius 3 is 2.13 bits per heavy atom. The summed E-state index contributed by atoms with van der Waals surface area (Å²) in [6.07, 6.45) is 0. The van der Waals surface area contributed by atoms with E-state index in [1.54, 1.807) is 6.92 Å². The fourth-order valence-corrected chi connectivity index (χ4v) is 4.48. The number of anilines is 1. The Balaban J connectivity index is 1.85. The van der Waals surface area contributed by atoms with E-state index in [1.165, 1.54) is 5.56 Å². The summed E-state index contributed by atoms with van der Waals surface area (Å²) in [6.45, 7) is 7.98. The molecule has 5 nitrogen and oxygen atoms in total. The molecule has 0 radical (unpaired) electrons. The minimum atomic E-state index is -2.83. The maximum atomic E-state index is 12.2. The van der Waals surface area contributed by atoms with Crippen molar-refractivity contribution in [2.24, 2.45) is 5.92 Å². The lowest BCUT2D eigenvalue weighted by Gasteiger charge is -2.33. The van der Waals surface area contributed by atoms with Crippen LogP contribution in [-0.4, -0.2) is 37.9 Å². The zero-order chi connectivity index (χ0) is 17.2. The highest BCUT2D eigenvalue weighted by Gasteiger charge is 2.37. The third kappa shape index (κ3) is 4.78. The molecule has 1 aromatic carbocycles. The van der Waals surface area contributed by atoms with E-state index in [0.717, 1.165) is 5.69 Å². The SMILES string of the molecule is CC(NC(C)C1CS(=O)(=O)C1)C(=O)Nc1ccc(C(C)C)cc1. The highest BCUT2D eigenvalue weighted by atomic mass is 32.2. The van der Waals surface area contributed by atoms with E-state index in [2.05, 4.69) is 24.5 Å². The van der Waals surface area contributed by atoms with Gasteiger partial charge in [-0.3, -0.25) is 4.79 Å². The molecule has 2 N–H and O–H groups in total. The zero-order valence-electron chi connectivity index (χ0n) is 14.2. The Hall–Kier alpha value is -1.40. The molecular weight excluding hydrogens is 312 g/mol. The van der Waals surface area contributed by atoms with Crippen LogP contribution in [0.2, 0.25) is 0 Å². The van der Waals surface area contributed by atoms with Gasteiger partial charge in [-0.1, -0.05) is 26.0 Å². The second-order valence-corrected chi connectivity index (χ2v) is 8.93. The van der Waals surface area contributed by atoms with Gasteiger partial charge in [-0.15, -0.1) is 0 Å². The van der Waals surface area contributed by atoms with Gasteiger partial charge in [0.2, 0.25) is 5.91 Å². The smallest absolute Gasteiger partial charge is 0.241 e. The maximum Gasteiger partial charge on any atom is 0.241 e. The highest BCUT2D eigenvalue weighted by molar-refractivity contribution is 7.92. The van der Waals surface area contributed by atoms with Crippen LogP contribution in [0.25, 0.3) is 0 Å². The molecule has 1 aliphatic rings. The number of benzene rings is 1. The summed E-state index contributed by atoms with van der Waals surface area (Å²) in [7, 11) is -2.83. The molecule has 1 aromatic rings. The van der Waals surface area contributed by atoms with Crippen LogP contribution in [-0.2, 0) is 14.6 Å². The molecule has 23 heavy (non-hydrogen) atoms. The average Bonchev–Trinajstić information content (AvgIpc) is 2.44. The topological polar surface area (TPSA) is 75.3 Å². The van der Waals surface area contributed by atoms with E-state index in [1.807, 2.05) is 31.2 Å². The predicted octanol–water partition coefficient (Wildman–Crippen LogP) is 2.16. The van der Waals surface area contributed by atoms with Crippen LogP contribution >= 0.6 is 0 Å². The predicted molar refractivity (Wildman–Crippen MR) is 93.4 cm³/mol. The molecule has 128 valence electrons. The molecule has 0 bridgehead atoms. The van der Waals surface area contributed by atoms with Crippen molar-refractivity contribution in [2.75, 3.05) is 16.8 Å². The molecule has 2 unspecified atom stereocenters. The van der Waals surface area contributed by atoms with E-state index < -0.39 is 9.84 Å². The van der Waals surface area contributed by atoms with Crippen LogP contribution in [0.1, 0.15) is 39.2 Å². The van der Waals surface area contributed by atoms with Gasteiger partial charge in [0.05, 0.1) is 17.5 Å². The van der Waals surface area contributed by atoms with Crippen molar-refractivity contribution >= 4 is 21.4 Å². The maximum absolute atomic E-state index is 12.2. The van der Waals surface area contributed by atoms with Gasteiger partial charge >= 0.3 is 0 Å². The standard InChI is InChI=1S/C17H26N2O3S/c1-11(2)14-5-7-16(8-6-14)19-17(20)13(4)18-12(3)15-9-23(21,22)10-15/h5-8,11-13,15,18H,9-10H2,1-4H3,(H,19,20). The molecule has 1 amide bonds. The molecule has 0 saturated carbocycles. The first-order chi connectivity index (χ1) is 10.7. The summed E-state index contributed by atoms with van der Waals surface area (Å²) < 4.78 is 22.5. The van der Waals surface area contributed by atoms with E-state index >= 15 is 0 Å². The number of amides is 1. The normalized spacial score (nSPS) is 19.9. The molecule has 1 heterocycles. The van der Waals surface area contributed by atoms with Crippen molar-refractivity contribution < 1.29 is 13.2 Å². The second-order valence-electron chi connectivity index (χ2n) is 6.78. The summed E-state index contributed by atoms with van der Waals surface area (Å²) in [5.41, 5.74) is 2.00. The Bertz CT molecular complexity index is 641. The van der Waals surface area contributed by atoms with Crippen LogP contribution in [0.5, 0.6) is 0 Å². The molecule has 0 spiro atoms. The van der Waals surface area contributed by atoms with Crippen LogP contribution in [0, 0.1) is 5.92 Å². The number of hydrogen-bond donors (Lipinski definition) is 2. The molecule has 2 rings (SSSR count). The number of carbonyl (C=O) groups is 1. The molecule has 0 aliphatic carbocycles. The number of rotatable bonds is 6. The Morgan fingerprint density at radius 2 is 1.65 bits per heavy atom. The number of hydrogen-bond acceptors (Lipinski definition) is 4. The quantitative estimate of drug-likeness (QED) is 0.833. The summed E-state index contributed by atoms with van der Waals surface area (Å²) in [5, 5.41) is 6.08. The van der Waals surface area contributed by atoms with Gasteiger partial charge in [-0.05, 0) is 37.5 Å². The fourth-order valence-electron chi connectivity index (χ4n) is 2.70. The number of carbonyl (C=O) groups excluding carboxylic acids is 1. The summed E-state index contributed by atoms with van der Waals surface area (Å²) in [5.74, 6) is 0.870. The number of nitrogens with one attached hydrogen (secondary N) is 2. The molecule has 1 fully saturated rings. The van der Waals surface area contributed by atoms with E-state index in [0.29, 0.717) is 5.92 Å². The molecular formula is C17H26N2O3S. The van der Waals surface area contributed by atoms with Crippen molar-refractivity contribution in [3.63, 3.8) is 0 Å². The van der Waals surface area contributed by atoms with Gasteiger partial charge < -0.3 is 10.6 Å². The summed E-state index contributed by atoms with van der Waals surface area (Å²) >= 11 is 0. The first-order valence-electron chi connectivity index (χ1n) is 8.05. The average molecular weight is 338 g/mol. The molecule has 2 atom stereocenters. The van der Waals surface area contributed by atoms with Gasteiger partial charge in [0.1, 0.15) is 0 Å². The van der Waals surface area contributed by atoms with Crippen LogP contribution < -0.4 is 10.6 Å². The molecule has 1 aliphatic heterocycles. The first kappa shape index (κ1) is 17.9. The Morgan fingerprint density at radius 1 is 1.09 bits per heavy atom. The monoisotopic (exact) mass is 338 g/mol. The van der Waals surface area contributed by atoms with E-state index in [4.69, 9.17) is 0 Å². The molecule has 0 aromatic heterocycles. The van der Waals surface area contributed by atoms with Gasteiger partial charge in [-0.25, -0.2) is 8.42 Å². The minimum Gasteiger partial charge on any atom is -0.325 e. The van der Waals surface area contributed by atoms with Gasteiger partial charge in [-0.2, -0.15) is 0 Å². The molecule has 6 heteroatoms.